The third kappa shape index (κ3) is 4.10. The normalized spacial score (nSPS) is 26.4. The van der Waals surface area contributed by atoms with Crippen molar-refractivity contribution in [2.75, 3.05) is 0 Å². The number of piperidine rings is 1. The number of quaternary nitrogens is 1. The number of rotatable bonds is 2. The molecular weight excluding hydrogens is 283 g/mol. The van der Waals surface area contributed by atoms with Crippen molar-refractivity contribution >= 4 is 17.5 Å². The monoisotopic (exact) mass is 302 g/mol. The molecule has 0 aromatic heterocycles. The van der Waals surface area contributed by atoms with E-state index in [-0.39, 0.29) is 18.3 Å². The van der Waals surface area contributed by atoms with E-state index in [1.54, 1.807) is 24.3 Å². The Morgan fingerprint density at radius 2 is 1.74 bits per heavy atom. The Morgan fingerprint density at radius 1 is 1.21 bits per heavy atom. The molecule has 1 amide bonds. The van der Waals surface area contributed by atoms with Crippen molar-refractivity contribution in [3.05, 3.63) is 34.9 Å². The molecule has 19 heavy (non-hydrogen) atoms. The second-order valence-corrected chi connectivity index (χ2v) is 5.59. The summed E-state index contributed by atoms with van der Waals surface area (Å²) in [7, 11) is 0. The average molecular weight is 303 g/mol. The molecule has 5 heteroatoms. The van der Waals surface area contributed by atoms with Crippen molar-refractivity contribution in [2.24, 2.45) is 0 Å². The summed E-state index contributed by atoms with van der Waals surface area (Å²) in [5.41, 5.74) is 3.75. The number of hydrogen-bond acceptors (Lipinski definition) is 1. The van der Waals surface area contributed by atoms with E-state index >= 15 is 0 Å². The van der Waals surface area contributed by atoms with E-state index in [2.05, 4.69) is 19.3 Å². The molecule has 0 radical (unpaired) electrons. The van der Waals surface area contributed by atoms with Gasteiger partial charge in [0.25, 0.3) is 5.91 Å². The van der Waals surface area contributed by atoms with E-state index in [1.807, 2.05) is 0 Å². The van der Waals surface area contributed by atoms with Crippen LogP contribution in [0.4, 0.5) is 0 Å². The lowest BCUT2D eigenvalue weighted by atomic mass is 10.00. The molecule has 1 aliphatic heterocycles. The molecular formula is C14H20Cl2N2O. The van der Waals surface area contributed by atoms with Gasteiger partial charge in [0.2, 0.25) is 0 Å². The lowest BCUT2D eigenvalue weighted by Crippen LogP contribution is -3.25. The van der Waals surface area contributed by atoms with Crippen LogP contribution in [-0.4, -0.2) is 18.0 Å². The van der Waals surface area contributed by atoms with Crippen LogP contribution >= 0.6 is 11.6 Å². The second kappa shape index (κ2) is 7.13. The van der Waals surface area contributed by atoms with Gasteiger partial charge in [0.1, 0.15) is 12.1 Å². The average Bonchev–Trinajstić information content (AvgIpc) is 2.34. The van der Waals surface area contributed by atoms with Crippen LogP contribution in [0.15, 0.2) is 24.3 Å². The highest BCUT2D eigenvalue weighted by atomic mass is 35.5. The lowest BCUT2D eigenvalue weighted by Gasteiger charge is -2.34. The zero-order valence-corrected chi connectivity index (χ0v) is 12.8. The van der Waals surface area contributed by atoms with E-state index < -0.39 is 0 Å². The SMILES string of the molecule is CC1CCCC(C)[NH+]1NC(=O)c1ccc(Cl)cc1.[Cl-]. The van der Waals surface area contributed by atoms with E-state index in [0.29, 0.717) is 22.7 Å². The maximum Gasteiger partial charge on any atom is 0.295 e. The van der Waals surface area contributed by atoms with Crippen LogP contribution in [0.2, 0.25) is 5.02 Å². The number of carbonyl (C=O) groups is 1. The van der Waals surface area contributed by atoms with Crippen molar-refractivity contribution in [2.45, 2.75) is 45.2 Å². The van der Waals surface area contributed by atoms with Crippen LogP contribution in [-0.2, 0) is 0 Å². The molecule has 0 saturated carbocycles. The smallest absolute Gasteiger partial charge is 0.295 e. The maximum absolute atomic E-state index is 12.1. The Kier molecular flexibility index (Phi) is 6.11. The molecule has 0 spiro atoms. The Labute approximate surface area is 125 Å². The minimum absolute atomic E-state index is 0. The molecule has 3 nitrogen and oxygen atoms in total. The highest BCUT2D eigenvalue weighted by Gasteiger charge is 2.30. The molecule has 106 valence electrons. The van der Waals surface area contributed by atoms with Crippen LogP contribution < -0.4 is 22.8 Å². The van der Waals surface area contributed by atoms with E-state index in [0.717, 1.165) is 0 Å². The number of hydrogen-bond donors (Lipinski definition) is 2. The van der Waals surface area contributed by atoms with Gasteiger partial charge in [0, 0.05) is 23.4 Å². The summed E-state index contributed by atoms with van der Waals surface area (Å²) in [6.07, 6.45) is 3.59. The van der Waals surface area contributed by atoms with E-state index in [4.69, 9.17) is 11.6 Å². The summed E-state index contributed by atoms with van der Waals surface area (Å²) in [6, 6.07) is 7.96. The van der Waals surface area contributed by atoms with Gasteiger partial charge in [-0.15, -0.1) is 0 Å². The first-order valence-corrected chi connectivity index (χ1v) is 6.89. The van der Waals surface area contributed by atoms with Crippen molar-refractivity contribution in [1.82, 2.24) is 5.43 Å². The molecule has 1 fully saturated rings. The van der Waals surface area contributed by atoms with Gasteiger partial charge in [-0.25, -0.2) is 5.01 Å². The Hall–Kier alpha value is -0.770. The van der Waals surface area contributed by atoms with Gasteiger partial charge in [-0.05, 0) is 44.5 Å². The topological polar surface area (TPSA) is 33.5 Å². The molecule has 2 atom stereocenters. The summed E-state index contributed by atoms with van der Waals surface area (Å²) < 4.78 is 0. The van der Waals surface area contributed by atoms with Crippen LogP contribution in [0.1, 0.15) is 43.5 Å². The predicted molar refractivity (Wildman–Crippen MR) is 72.7 cm³/mol. The fourth-order valence-corrected chi connectivity index (χ4v) is 2.70. The lowest BCUT2D eigenvalue weighted by molar-refractivity contribution is -0.984. The number of benzene rings is 1. The molecule has 1 heterocycles. The first-order chi connectivity index (χ1) is 8.58. The summed E-state index contributed by atoms with van der Waals surface area (Å²) in [5.74, 6) is -0.0257. The quantitative estimate of drug-likeness (QED) is 0.710. The first-order valence-electron chi connectivity index (χ1n) is 6.51. The van der Waals surface area contributed by atoms with Gasteiger partial charge < -0.3 is 12.4 Å². The molecule has 2 N–H and O–H groups in total. The molecule has 2 unspecified atom stereocenters. The summed E-state index contributed by atoms with van der Waals surface area (Å²) in [5, 5.41) is 1.83. The number of amides is 1. The van der Waals surface area contributed by atoms with Crippen LogP contribution in [0.3, 0.4) is 0 Å². The second-order valence-electron chi connectivity index (χ2n) is 5.15. The first kappa shape index (κ1) is 16.3. The van der Waals surface area contributed by atoms with Crippen LogP contribution in [0, 0.1) is 0 Å². The summed E-state index contributed by atoms with van der Waals surface area (Å²) in [4.78, 5) is 12.1. The third-order valence-electron chi connectivity index (χ3n) is 3.70. The summed E-state index contributed by atoms with van der Waals surface area (Å²) >= 11 is 5.82. The highest BCUT2D eigenvalue weighted by molar-refractivity contribution is 6.30. The third-order valence-corrected chi connectivity index (χ3v) is 3.95. The van der Waals surface area contributed by atoms with Gasteiger partial charge in [-0.1, -0.05) is 11.6 Å². The van der Waals surface area contributed by atoms with Crippen molar-refractivity contribution in [1.29, 1.82) is 0 Å². The van der Waals surface area contributed by atoms with E-state index in [9.17, 15) is 4.79 Å². The highest BCUT2D eigenvalue weighted by Crippen LogP contribution is 2.10. The summed E-state index contributed by atoms with van der Waals surface area (Å²) in [6.45, 7) is 4.38. The number of halogens is 2. The van der Waals surface area contributed by atoms with Gasteiger partial charge in [-0.2, -0.15) is 5.43 Å². The zero-order chi connectivity index (χ0) is 13.1. The van der Waals surface area contributed by atoms with Crippen molar-refractivity contribution in [3.8, 4) is 0 Å². The molecule has 2 rings (SSSR count). The van der Waals surface area contributed by atoms with Gasteiger partial charge >= 0.3 is 0 Å². The van der Waals surface area contributed by atoms with Gasteiger partial charge in [-0.3, -0.25) is 4.79 Å². The number of carbonyl (C=O) groups excluding carboxylic acids is 1. The molecule has 1 saturated heterocycles. The van der Waals surface area contributed by atoms with Crippen LogP contribution in [0.5, 0.6) is 0 Å². The molecule has 1 aliphatic rings. The molecule has 0 aliphatic carbocycles. The van der Waals surface area contributed by atoms with Crippen molar-refractivity contribution < 1.29 is 22.2 Å². The fraction of sp³-hybridized carbons (Fsp3) is 0.500. The predicted octanol–water partition coefficient (Wildman–Crippen LogP) is -1.17. The molecule has 0 bridgehead atoms. The Morgan fingerprint density at radius 3 is 2.26 bits per heavy atom. The maximum atomic E-state index is 12.1. The molecule has 1 aromatic rings. The van der Waals surface area contributed by atoms with Crippen molar-refractivity contribution in [3.63, 3.8) is 0 Å². The largest absolute Gasteiger partial charge is 1.00 e. The Bertz CT molecular complexity index is 412. The zero-order valence-electron chi connectivity index (χ0n) is 11.2. The van der Waals surface area contributed by atoms with Gasteiger partial charge in [0.05, 0.1) is 0 Å². The Balaban J connectivity index is 0.00000180. The fourth-order valence-electron chi connectivity index (χ4n) is 2.58. The number of nitrogens with one attached hydrogen (secondary N) is 2. The minimum Gasteiger partial charge on any atom is -1.00 e. The van der Waals surface area contributed by atoms with Gasteiger partial charge in [0.15, 0.2) is 0 Å². The van der Waals surface area contributed by atoms with Crippen LogP contribution in [0.25, 0.3) is 0 Å². The molecule has 1 aromatic carbocycles. The van der Waals surface area contributed by atoms with E-state index in [1.165, 1.54) is 24.3 Å². The minimum atomic E-state index is -0.0257. The standard InChI is InChI=1S/C14H19ClN2O.ClH/c1-10-4-3-5-11(2)17(10)16-14(18)12-6-8-13(15)9-7-12;/h6-11H,3-5H2,1-2H3,(H,16,18);1H.